The first-order valence-corrected chi connectivity index (χ1v) is 9.29. The number of amides is 2. The SMILES string of the molecule is CC(C)[C@@H]1C/C=C/C[C@H](C)Oc2ccccc2C(=O)N(C)[C@@H](C)C(=O)N1. The molecule has 0 saturated carbocycles. The standard InChI is InChI=1S/C21H30N2O3/c1-14(2)18-12-8-6-10-15(3)26-19-13-9-7-11-17(19)21(25)23(5)16(4)20(24)22-18/h6-9,11,13-16,18H,10,12H2,1-5H3,(H,22,24)/b8-6+/t15-,16-,18-/m0/s1. The highest BCUT2D eigenvalue weighted by Crippen LogP contribution is 2.23. The van der Waals surface area contributed by atoms with Crippen LogP contribution >= 0.6 is 0 Å². The van der Waals surface area contributed by atoms with Gasteiger partial charge < -0.3 is 15.0 Å². The molecule has 1 aliphatic heterocycles. The van der Waals surface area contributed by atoms with E-state index in [0.29, 0.717) is 17.2 Å². The summed E-state index contributed by atoms with van der Waals surface area (Å²) in [6.45, 7) is 7.91. The van der Waals surface area contributed by atoms with Crippen molar-refractivity contribution >= 4 is 11.8 Å². The molecule has 0 unspecified atom stereocenters. The molecule has 142 valence electrons. The van der Waals surface area contributed by atoms with Gasteiger partial charge in [-0.2, -0.15) is 0 Å². The molecule has 0 aliphatic carbocycles. The second-order valence-electron chi connectivity index (χ2n) is 7.32. The lowest BCUT2D eigenvalue weighted by Gasteiger charge is -2.29. The molecule has 1 heterocycles. The monoisotopic (exact) mass is 358 g/mol. The summed E-state index contributed by atoms with van der Waals surface area (Å²) in [5.41, 5.74) is 0.475. The van der Waals surface area contributed by atoms with Crippen LogP contribution in [0.25, 0.3) is 0 Å². The molecule has 3 atom stereocenters. The zero-order valence-corrected chi connectivity index (χ0v) is 16.4. The van der Waals surface area contributed by atoms with Crippen molar-refractivity contribution in [2.24, 2.45) is 5.92 Å². The first kappa shape index (κ1) is 20.0. The maximum absolute atomic E-state index is 12.9. The molecule has 0 bridgehead atoms. The summed E-state index contributed by atoms with van der Waals surface area (Å²) in [7, 11) is 1.66. The van der Waals surface area contributed by atoms with E-state index in [0.717, 1.165) is 12.8 Å². The Morgan fingerprint density at radius 2 is 1.77 bits per heavy atom. The molecule has 2 amide bonds. The zero-order valence-electron chi connectivity index (χ0n) is 16.4. The van der Waals surface area contributed by atoms with Crippen LogP contribution in [-0.4, -0.2) is 41.9 Å². The van der Waals surface area contributed by atoms with Crippen LogP contribution in [0, 0.1) is 5.92 Å². The molecule has 2 rings (SSSR count). The fourth-order valence-corrected chi connectivity index (χ4v) is 2.88. The van der Waals surface area contributed by atoms with Gasteiger partial charge in [0.05, 0.1) is 11.7 Å². The molecule has 1 N–H and O–H groups in total. The molecule has 5 heteroatoms. The van der Waals surface area contributed by atoms with Crippen LogP contribution in [0.5, 0.6) is 5.75 Å². The van der Waals surface area contributed by atoms with Crippen molar-refractivity contribution in [3.05, 3.63) is 42.0 Å². The van der Waals surface area contributed by atoms with Gasteiger partial charge in [0.25, 0.3) is 5.91 Å². The van der Waals surface area contributed by atoms with Crippen LogP contribution in [-0.2, 0) is 4.79 Å². The van der Waals surface area contributed by atoms with Crippen LogP contribution in [0.4, 0.5) is 0 Å². The normalized spacial score (nSPS) is 26.5. The Bertz CT molecular complexity index is 669. The number of nitrogens with zero attached hydrogens (tertiary/aromatic N) is 1. The topological polar surface area (TPSA) is 58.6 Å². The van der Waals surface area contributed by atoms with E-state index in [-0.39, 0.29) is 24.0 Å². The van der Waals surface area contributed by atoms with Gasteiger partial charge >= 0.3 is 0 Å². The average Bonchev–Trinajstić information content (AvgIpc) is 2.61. The summed E-state index contributed by atoms with van der Waals surface area (Å²) >= 11 is 0. The number of carbonyl (C=O) groups excluding carboxylic acids is 2. The van der Waals surface area contributed by atoms with Crippen molar-refractivity contribution < 1.29 is 14.3 Å². The van der Waals surface area contributed by atoms with E-state index in [9.17, 15) is 9.59 Å². The minimum atomic E-state index is -0.568. The minimum absolute atomic E-state index is 0.0381. The lowest BCUT2D eigenvalue weighted by molar-refractivity contribution is -0.125. The van der Waals surface area contributed by atoms with Crippen molar-refractivity contribution in [2.75, 3.05) is 7.05 Å². The second kappa shape index (κ2) is 8.88. The van der Waals surface area contributed by atoms with E-state index in [1.54, 1.807) is 32.2 Å². The predicted octanol–water partition coefficient (Wildman–Crippen LogP) is 3.41. The molecule has 0 spiro atoms. The van der Waals surface area contributed by atoms with Crippen molar-refractivity contribution in [2.45, 2.75) is 58.7 Å². The molecule has 1 aliphatic rings. The first-order chi connectivity index (χ1) is 12.3. The van der Waals surface area contributed by atoms with Gasteiger partial charge in [0, 0.05) is 19.5 Å². The number of benzene rings is 1. The summed E-state index contributed by atoms with van der Waals surface area (Å²) in [5, 5.41) is 3.09. The van der Waals surface area contributed by atoms with Gasteiger partial charge in [-0.25, -0.2) is 0 Å². The number of ether oxygens (including phenoxy) is 1. The van der Waals surface area contributed by atoms with E-state index in [4.69, 9.17) is 4.74 Å². The Hall–Kier alpha value is -2.30. The smallest absolute Gasteiger partial charge is 0.258 e. The van der Waals surface area contributed by atoms with Crippen LogP contribution in [0.1, 0.15) is 50.9 Å². The number of carbonyl (C=O) groups is 2. The summed E-state index contributed by atoms with van der Waals surface area (Å²) < 4.78 is 6.00. The molecule has 26 heavy (non-hydrogen) atoms. The zero-order chi connectivity index (χ0) is 19.3. The fraction of sp³-hybridized carbons (Fsp3) is 0.524. The lowest BCUT2D eigenvalue weighted by atomic mass is 9.99. The second-order valence-corrected chi connectivity index (χ2v) is 7.32. The number of hydrogen-bond acceptors (Lipinski definition) is 3. The largest absolute Gasteiger partial charge is 0.490 e. The Labute approximate surface area is 156 Å². The maximum Gasteiger partial charge on any atom is 0.258 e. The first-order valence-electron chi connectivity index (χ1n) is 9.29. The highest BCUT2D eigenvalue weighted by molar-refractivity contribution is 5.99. The number of likely N-dealkylation sites (N-methyl/N-ethyl adjacent to an activating group) is 1. The molecule has 0 aromatic heterocycles. The van der Waals surface area contributed by atoms with Crippen LogP contribution in [0.15, 0.2) is 36.4 Å². The summed E-state index contributed by atoms with van der Waals surface area (Å²) in [5.74, 6) is 0.495. The predicted molar refractivity (Wildman–Crippen MR) is 103 cm³/mol. The third kappa shape index (κ3) is 4.87. The number of nitrogens with one attached hydrogen (secondary N) is 1. The molecule has 1 aromatic rings. The number of para-hydroxylation sites is 1. The van der Waals surface area contributed by atoms with Gasteiger partial charge in [-0.1, -0.05) is 38.1 Å². The Morgan fingerprint density at radius 1 is 1.12 bits per heavy atom. The molecular formula is C21H30N2O3. The Kier molecular flexibility index (Phi) is 6.83. The quantitative estimate of drug-likeness (QED) is 0.783. The van der Waals surface area contributed by atoms with E-state index in [1.807, 2.05) is 13.0 Å². The molecule has 0 radical (unpaired) electrons. The van der Waals surface area contributed by atoms with Crippen LogP contribution < -0.4 is 10.1 Å². The highest BCUT2D eigenvalue weighted by Gasteiger charge is 2.27. The van der Waals surface area contributed by atoms with Crippen molar-refractivity contribution in [3.63, 3.8) is 0 Å². The summed E-state index contributed by atoms with van der Waals surface area (Å²) in [4.78, 5) is 27.1. The van der Waals surface area contributed by atoms with Crippen molar-refractivity contribution in [1.29, 1.82) is 0 Å². The Balaban J connectivity index is 2.36. The van der Waals surface area contributed by atoms with E-state index in [2.05, 4.69) is 31.3 Å². The molecule has 0 fully saturated rings. The van der Waals surface area contributed by atoms with Gasteiger partial charge in [-0.15, -0.1) is 0 Å². The van der Waals surface area contributed by atoms with Gasteiger partial charge in [0.15, 0.2) is 0 Å². The summed E-state index contributed by atoms with van der Waals surface area (Å²) in [6.07, 6.45) is 5.64. The van der Waals surface area contributed by atoms with Gasteiger partial charge in [0.2, 0.25) is 5.91 Å². The fourth-order valence-electron chi connectivity index (χ4n) is 2.88. The number of rotatable bonds is 1. The highest BCUT2D eigenvalue weighted by atomic mass is 16.5. The molecule has 5 nitrogen and oxygen atoms in total. The van der Waals surface area contributed by atoms with E-state index >= 15 is 0 Å². The molecular weight excluding hydrogens is 328 g/mol. The average molecular weight is 358 g/mol. The Morgan fingerprint density at radius 3 is 2.46 bits per heavy atom. The van der Waals surface area contributed by atoms with Gasteiger partial charge in [-0.05, 0) is 38.3 Å². The van der Waals surface area contributed by atoms with E-state index in [1.165, 1.54) is 4.90 Å². The van der Waals surface area contributed by atoms with Crippen LogP contribution in [0.2, 0.25) is 0 Å². The third-order valence-electron chi connectivity index (χ3n) is 4.88. The molecule has 0 saturated heterocycles. The van der Waals surface area contributed by atoms with Crippen LogP contribution in [0.3, 0.4) is 0 Å². The summed E-state index contributed by atoms with van der Waals surface area (Å²) in [6, 6.07) is 6.66. The third-order valence-corrected chi connectivity index (χ3v) is 4.88. The number of fused-ring (bicyclic) bond motifs is 1. The lowest BCUT2D eigenvalue weighted by Crippen LogP contribution is -2.50. The van der Waals surface area contributed by atoms with Crippen molar-refractivity contribution in [3.8, 4) is 5.75 Å². The van der Waals surface area contributed by atoms with Gasteiger partial charge in [0.1, 0.15) is 11.8 Å². The van der Waals surface area contributed by atoms with Crippen molar-refractivity contribution in [1.82, 2.24) is 10.2 Å². The van der Waals surface area contributed by atoms with Gasteiger partial charge in [-0.3, -0.25) is 9.59 Å². The number of hydrogen-bond donors (Lipinski definition) is 1. The van der Waals surface area contributed by atoms with E-state index < -0.39 is 6.04 Å². The minimum Gasteiger partial charge on any atom is -0.490 e. The molecule has 1 aromatic carbocycles. The maximum atomic E-state index is 12.9.